The highest BCUT2D eigenvalue weighted by Gasteiger charge is 2.18. The molecule has 1 aromatic heterocycles. The number of halogens is 1. The molecule has 164 valence electrons. The first-order valence-electron chi connectivity index (χ1n) is 10.4. The molecule has 0 spiro atoms. The molecule has 0 amide bonds. The van der Waals surface area contributed by atoms with E-state index in [0.29, 0.717) is 0 Å². The van der Waals surface area contributed by atoms with Crippen molar-refractivity contribution >= 4 is 29.4 Å². The van der Waals surface area contributed by atoms with Gasteiger partial charge in [-0.15, -0.1) is 0 Å². The highest BCUT2D eigenvalue weighted by molar-refractivity contribution is 7.80. The van der Waals surface area contributed by atoms with E-state index in [1.165, 1.54) is 6.07 Å². The SMILES string of the molecule is NC(=S)N/N=C/c1ccc(-c2ccc(N3CCN(Cc4cccc(F)c4)CC3)nc2)cc1. The van der Waals surface area contributed by atoms with Crippen LogP contribution in [0.5, 0.6) is 0 Å². The molecule has 0 saturated carbocycles. The second kappa shape index (κ2) is 10.3. The molecule has 6 nitrogen and oxygen atoms in total. The second-order valence-corrected chi connectivity index (χ2v) is 8.09. The third-order valence-corrected chi connectivity index (χ3v) is 5.46. The van der Waals surface area contributed by atoms with Gasteiger partial charge in [0.2, 0.25) is 0 Å². The zero-order valence-corrected chi connectivity index (χ0v) is 18.4. The molecular formula is C24H25FN6S. The third-order valence-electron chi connectivity index (χ3n) is 5.37. The topological polar surface area (TPSA) is 69.8 Å². The predicted octanol–water partition coefficient (Wildman–Crippen LogP) is 3.38. The van der Waals surface area contributed by atoms with Crippen molar-refractivity contribution in [2.24, 2.45) is 10.8 Å². The number of nitrogens with zero attached hydrogens (tertiary/aromatic N) is 4. The van der Waals surface area contributed by atoms with Crippen LogP contribution in [-0.4, -0.2) is 47.4 Å². The maximum absolute atomic E-state index is 13.4. The first-order valence-corrected chi connectivity index (χ1v) is 10.8. The molecule has 1 aliphatic heterocycles. The minimum atomic E-state index is -0.179. The minimum absolute atomic E-state index is 0.136. The molecule has 4 rings (SSSR count). The summed E-state index contributed by atoms with van der Waals surface area (Å²) in [6.07, 6.45) is 3.57. The molecule has 3 aromatic rings. The van der Waals surface area contributed by atoms with E-state index in [0.717, 1.165) is 60.8 Å². The van der Waals surface area contributed by atoms with Gasteiger partial charge in [-0.25, -0.2) is 9.37 Å². The summed E-state index contributed by atoms with van der Waals surface area (Å²) in [5, 5.41) is 4.10. The maximum atomic E-state index is 13.4. The number of thiocarbonyl (C=S) groups is 1. The number of pyridine rings is 1. The van der Waals surface area contributed by atoms with Crippen molar-refractivity contribution in [3.05, 3.63) is 83.8 Å². The van der Waals surface area contributed by atoms with Crippen LogP contribution in [0.25, 0.3) is 11.1 Å². The summed E-state index contributed by atoms with van der Waals surface area (Å²) in [5.41, 5.74) is 12.0. The van der Waals surface area contributed by atoms with Gasteiger partial charge in [-0.1, -0.05) is 36.4 Å². The Balaban J connectivity index is 1.32. The summed E-state index contributed by atoms with van der Waals surface area (Å²) in [6.45, 7) is 4.42. The summed E-state index contributed by atoms with van der Waals surface area (Å²) in [6, 6.07) is 19.0. The lowest BCUT2D eigenvalue weighted by atomic mass is 10.1. The molecule has 0 unspecified atom stereocenters. The van der Waals surface area contributed by atoms with E-state index in [2.05, 4.69) is 37.4 Å². The van der Waals surface area contributed by atoms with Gasteiger partial charge in [0.05, 0.1) is 6.21 Å². The molecule has 1 aliphatic rings. The Hall–Kier alpha value is -3.36. The quantitative estimate of drug-likeness (QED) is 0.342. The van der Waals surface area contributed by atoms with Crippen LogP contribution in [-0.2, 0) is 6.54 Å². The van der Waals surface area contributed by atoms with E-state index in [1.807, 2.05) is 36.5 Å². The van der Waals surface area contributed by atoms with E-state index < -0.39 is 0 Å². The molecule has 3 N–H and O–H groups in total. The summed E-state index contributed by atoms with van der Waals surface area (Å²) >= 11 is 4.72. The highest BCUT2D eigenvalue weighted by Crippen LogP contribution is 2.22. The van der Waals surface area contributed by atoms with Crippen LogP contribution in [0.1, 0.15) is 11.1 Å². The molecule has 2 heterocycles. The Morgan fingerprint density at radius 2 is 1.81 bits per heavy atom. The largest absolute Gasteiger partial charge is 0.375 e. The van der Waals surface area contributed by atoms with Crippen LogP contribution in [0.3, 0.4) is 0 Å². The average molecular weight is 449 g/mol. The van der Waals surface area contributed by atoms with Crippen molar-refractivity contribution in [2.75, 3.05) is 31.1 Å². The fourth-order valence-corrected chi connectivity index (χ4v) is 3.76. The van der Waals surface area contributed by atoms with E-state index >= 15 is 0 Å². The van der Waals surface area contributed by atoms with Crippen molar-refractivity contribution in [2.45, 2.75) is 6.54 Å². The molecule has 0 aliphatic carbocycles. The van der Waals surface area contributed by atoms with Gasteiger partial charge in [-0.05, 0) is 53.2 Å². The fourth-order valence-electron chi connectivity index (χ4n) is 3.70. The van der Waals surface area contributed by atoms with E-state index in [9.17, 15) is 4.39 Å². The van der Waals surface area contributed by atoms with Crippen LogP contribution >= 0.6 is 12.2 Å². The lowest BCUT2D eigenvalue weighted by Crippen LogP contribution is -2.46. The van der Waals surface area contributed by atoms with Gasteiger partial charge in [0.1, 0.15) is 11.6 Å². The van der Waals surface area contributed by atoms with Crippen molar-refractivity contribution in [3.8, 4) is 11.1 Å². The number of hydrogen-bond acceptors (Lipinski definition) is 5. The lowest BCUT2D eigenvalue weighted by molar-refractivity contribution is 0.249. The van der Waals surface area contributed by atoms with Gasteiger partial charge in [0.25, 0.3) is 0 Å². The monoisotopic (exact) mass is 448 g/mol. The van der Waals surface area contributed by atoms with Crippen molar-refractivity contribution in [1.82, 2.24) is 15.3 Å². The van der Waals surface area contributed by atoms with Crippen molar-refractivity contribution < 1.29 is 4.39 Å². The molecule has 8 heteroatoms. The van der Waals surface area contributed by atoms with E-state index in [-0.39, 0.29) is 10.9 Å². The Kier molecular flexibility index (Phi) is 7.03. The predicted molar refractivity (Wildman–Crippen MR) is 131 cm³/mol. The molecular weight excluding hydrogens is 423 g/mol. The summed E-state index contributed by atoms with van der Waals surface area (Å²) in [4.78, 5) is 9.32. The Morgan fingerprint density at radius 3 is 2.47 bits per heavy atom. The second-order valence-electron chi connectivity index (χ2n) is 7.65. The number of rotatable bonds is 6. The lowest BCUT2D eigenvalue weighted by Gasteiger charge is -2.35. The first kappa shape index (κ1) is 21.9. The van der Waals surface area contributed by atoms with Crippen molar-refractivity contribution in [3.63, 3.8) is 0 Å². The molecule has 1 saturated heterocycles. The normalized spacial score (nSPS) is 14.6. The summed E-state index contributed by atoms with van der Waals surface area (Å²) < 4.78 is 13.4. The average Bonchev–Trinajstić information content (AvgIpc) is 2.80. The standard InChI is InChI=1S/C24H25FN6S/c25-22-3-1-2-19(14-22)17-30-10-12-31(13-11-30)23-9-8-21(16-27-23)20-6-4-18(5-7-20)15-28-29-24(26)32/h1-9,14-16H,10-13,17H2,(H3,26,29,32)/b28-15+. The molecule has 0 bridgehead atoms. The van der Waals surface area contributed by atoms with Gasteiger partial charge < -0.3 is 10.6 Å². The zero-order valence-electron chi connectivity index (χ0n) is 17.6. The van der Waals surface area contributed by atoms with Crippen LogP contribution in [0.15, 0.2) is 72.0 Å². The summed E-state index contributed by atoms with van der Waals surface area (Å²) in [7, 11) is 0. The molecule has 32 heavy (non-hydrogen) atoms. The Morgan fingerprint density at radius 1 is 1.06 bits per heavy atom. The highest BCUT2D eigenvalue weighted by atomic mass is 32.1. The van der Waals surface area contributed by atoms with E-state index in [1.54, 1.807) is 18.3 Å². The number of nitrogens with two attached hydrogens (primary N) is 1. The molecule has 0 radical (unpaired) electrons. The number of nitrogens with one attached hydrogen (secondary N) is 1. The number of piperazine rings is 1. The maximum Gasteiger partial charge on any atom is 0.184 e. The van der Waals surface area contributed by atoms with Crippen LogP contribution in [0.4, 0.5) is 10.2 Å². The molecule has 0 atom stereocenters. The van der Waals surface area contributed by atoms with Gasteiger partial charge in [-0.2, -0.15) is 5.10 Å². The zero-order chi connectivity index (χ0) is 22.3. The number of hydrogen-bond donors (Lipinski definition) is 2. The minimum Gasteiger partial charge on any atom is -0.375 e. The van der Waals surface area contributed by atoms with Crippen LogP contribution < -0.4 is 16.1 Å². The molecule has 2 aromatic carbocycles. The Labute approximate surface area is 192 Å². The number of hydrazone groups is 1. The van der Waals surface area contributed by atoms with Gasteiger partial charge in [-0.3, -0.25) is 10.3 Å². The van der Waals surface area contributed by atoms with Gasteiger partial charge in [0.15, 0.2) is 5.11 Å². The number of anilines is 1. The summed E-state index contributed by atoms with van der Waals surface area (Å²) in [5.74, 6) is 0.799. The Bertz CT molecular complexity index is 1080. The first-order chi connectivity index (χ1) is 15.6. The van der Waals surface area contributed by atoms with Crippen molar-refractivity contribution in [1.29, 1.82) is 0 Å². The number of aromatic nitrogens is 1. The number of benzene rings is 2. The smallest absolute Gasteiger partial charge is 0.184 e. The van der Waals surface area contributed by atoms with Crippen LogP contribution in [0.2, 0.25) is 0 Å². The van der Waals surface area contributed by atoms with Crippen LogP contribution in [0, 0.1) is 5.82 Å². The van der Waals surface area contributed by atoms with E-state index in [4.69, 9.17) is 18.0 Å². The third kappa shape index (κ3) is 5.87. The van der Waals surface area contributed by atoms with Gasteiger partial charge >= 0.3 is 0 Å². The molecule has 1 fully saturated rings. The fraction of sp³-hybridized carbons (Fsp3) is 0.208. The van der Waals surface area contributed by atoms with Gasteiger partial charge in [0, 0.05) is 44.5 Å².